The Morgan fingerprint density at radius 1 is 1.05 bits per heavy atom. The van der Waals surface area contributed by atoms with E-state index in [-0.39, 0.29) is 48.6 Å². The highest BCUT2D eigenvalue weighted by molar-refractivity contribution is 5.88. The summed E-state index contributed by atoms with van der Waals surface area (Å²) >= 11 is 0. The number of benzene rings is 2. The number of ether oxygens (including phenoxy) is 1. The van der Waals surface area contributed by atoms with E-state index in [1.807, 2.05) is 13.8 Å². The lowest BCUT2D eigenvalue weighted by Crippen LogP contribution is -2.60. The molecule has 2 saturated heterocycles. The first-order valence-corrected chi connectivity index (χ1v) is 12.5. The number of carbonyl (C=O) groups excluding carboxylic acids is 2. The number of hydrogen-bond acceptors (Lipinski definition) is 3. The molecule has 2 fully saturated rings. The standard InChI is InChI=1S/C28H32F4N2O3/c1-18(2)19-4-8-21(9-5-19)27(37-3,28(30,31)32)25(36)34-14-12-26(13-15-34)16-24(35)33-17-23(26)20-6-10-22(29)11-7-20/h4-11,18,23H,12-17H2,1-3H3,(H,33,35). The van der Waals surface area contributed by atoms with Gasteiger partial charge in [-0.1, -0.05) is 50.2 Å². The van der Waals surface area contributed by atoms with E-state index in [0.29, 0.717) is 19.4 Å². The van der Waals surface area contributed by atoms with E-state index >= 15 is 0 Å². The molecule has 1 N–H and O–H groups in total. The summed E-state index contributed by atoms with van der Waals surface area (Å²) in [6.07, 6.45) is -4.10. The summed E-state index contributed by atoms with van der Waals surface area (Å²) in [4.78, 5) is 27.2. The quantitative estimate of drug-likeness (QED) is 0.547. The van der Waals surface area contributed by atoms with Crippen molar-refractivity contribution in [3.63, 3.8) is 0 Å². The minimum Gasteiger partial charge on any atom is -0.356 e. The van der Waals surface area contributed by atoms with Crippen molar-refractivity contribution in [2.45, 2.75) is 56.7 Å². The number of methoxy groups -OCH3 is 1. The zero-order valence-electron chi connectivity index (χ0n) is 21.2. The Labute approximate surface area is 214 Å². The molecule has 200 valence electrons. The van der Waals surface area contributed by atoms with Gasteiger partial charge in [0.05, 0.1) is 0 Å². The first-order valence-electron chi connectivity index (χ1n) is 12.5. The number of rotatable bonds is 5. The van der Waals surface area contributed by atoms with E-state index in [9.17, 15) is 27.2 Å². The molecule has 5 nitrogen and oxygen atoms in total. The van der Waals surface area contributed by atoms with Gasteiger partial charge in [-0.25, -0.2) is 4.39 Å². The maximum absolute atomic E-state index is 14.6. The van der Waals surface area contributed by atoms with Crippen molar-refractivity contribution in [2.24, 2.45) is 5.41 Å². The van der Waals surface area contributed by atoms with Crippen LogP contribution < -0.4 is 5.32 Å². The number of nitrogens with one attached hydrogen (secondary N) is 1. The third-order valence-corrected chi connectivity index (χ3v) is 8.06. The monoisotopic (exact) mass is 520 g/mol. The van der Waals surface area contributed by atoms with Crippen LogP contribution in [0.15, 0.2) is 48.5 Å². The van der Waals surface area contributed by atoms with Crippen LogP contribution in [-0.4, -0.2) is 49.6 Å². The van der Waals surface area contributed by atoms with Gasteiger partial charge in [0.15, 0.2) is 0 Å². The molecule has 2 atom stereocenters. The minimum atomic E-state index is -4.99. The molecule has 2 aromatic carbocycles. The zero-order valence-corrected chi connectivity index (χ0v) is 21.2. The molecule has 37 heavy (non-hydrogen) atoms. The molecule has 0 aromatic heterocycles. The van der Waals surface area contributed by atoms with Crippen molar-refractivity contribution in [3.05, 3.63) is 71.0 Å². The largest absolute Gasteiger partial charge is 0.430 e. The molecule has 2 aromatic rings. The van der Waals surface area contributed by atoms with Crippen molar-refractivity contribution in [3.8, 4) is 0 Å². The Bertz CT molecular complexity index is 1120. The molecule has 1 spiro atoms. The van der Waals surface area contributed by atoms with E-state index in [0.717, 1.165) is 18.2 Å². The lowest BCUT2D eigenvalue weighted by Gasteiger charge is -2.50. The second kappa shape index (κ2) is 10.1. The second-order valence-corrected chi connectivity index (χ2v) is 10.4. The van der Waals surface area contributed by atoms with Gasteiger partial charge in [0, 0.05) is 44.6 Å². The van der Waals surface area contributed by atoms with Crippen LogP contribution in [-0.2, 0) is 19.9 Å². The summed E-state index contributed by atoms with van der Waals surface area (Å²) in [7, 11) is 0.906. The molecule has 9 heteroatoms. The van der Waals surface area contributed by atoms with Crippen LogP contribution in [0.5, 0.6) is 0 Å². The van der Waals surface area contributed by atoms with Crippen molar-refractivity contribution in [1.82, 2.24) is 10.2 Å². The van der Waals surface area contributed by atoms with Crippen LogP contribution in [0.25, 0.3) is 0 Å². The molecule has 0 saturated carbocycles. The summed E-state index contributed by atoms with van der Waals surface area (Å²) in [5.74, 6) is -1.69. The molecule has 2 aliphatic heterocycles. The molecule has 2 unspecified atom stereocenters. The van der Waals surface area contributed by atoms with Gasteiger partial charge in [-0.2, -0.15) is 13.2 Å². The predicted molar refractivity (Wildman–Crippen MR) is 130 cm³/mol. The number of alkyl halides is 3. The maximum atomic E-state index is 14.6. The molecule has 0 bridgehead atoms. The number of carbonyl (C=O) groups is 2. The van der Waals surface area contributed by atoms with Crippen LogP contribution in [0.4, 0.5) is 17.6 Å². The van der Waals surface area contributed by atoms with Crippen molar-refractivity contribution in [1.29, 1.82) is 0 Å². The smallest absolute Gasteiger partial charge is 0.356 e. The van der Waals surface area contributed by atoms with Crippen molar-refractivity contribution < 1.29 is 31.9 Å². The Morgan fingerprint density at radius 2 is 1.65 bits per heavy atom. The molecule has 0 radical (unpaired) electrons. The molecule has 0 aliphatic carbocycles. The first kappa shape index (κ1) is 27.1. The Kier molecular flexibility index (Phi) is 7.38. The van der Waals surface area contributed by atoms with Crippen LogP contribution >= 0.6 is 0 Å². The second-order valence-electron chi connectivity index (χ2n) is 10.4. The number of likely N-dealkylation sites (tertiary alicyclic amines) is 1. The topological polar surface area (TPSA) is 58.6 Å². The highest BCUT2D eigenvalue weighted by atomic mass is 19.4. The zero-order chi connectivity index (χ0) is 27.0. The van der Waals surface area contributed by atoms with Gasteiger partial charge in [-0.05, 0) is 47.4 Å². The summed E-state index contributed by atoms with van der Waals surface area (Å²) in [6.45, 7) is 4.32. The fraction of sp³-hybridized carbons (Fsp3) is 0.500. The summed E-state index contributed by atoms with van der Waals surface area (Å²) in [5.41, 5.74) is -2.23. The van der Waals surface area contributed by atoms with E-state index in [2.05, 4.69) is 5.32 Å². The van der Waals surface area contributed by atoms with Crippen LogP contribution in [0.2, 0.25) is 0 Å². The van der Waals surface area contributed by atoms with Crippen molar-refractivity contribution in [2.75, 3.05) is 26.7 Å². The number of hydrogen-bond donors (Lipinski definition) is 1. The molecule has 2 aliphatic rings. The molecule has 4 rings (SSSR count). The van der Waals surface area contributed by atoms with Gasteiger partial charge in [0.2, 0.25) is 5.91 Å². The van der Waals surface area contributed by atoms with E-state index in [4.69, 9.17) is 4.74 Å². The van der Waals surface area contributed by atoms with Crippen molar-refractivity contribution >= 4 is 11.8 Å². The SMILES string of the molecule is COC(C(=O)N1CCC2(CC1)CC(=O)NCC2c1ccc(F)cc1)(c1ccc(C(C)C)cc1)C(F)(F)F. The molecule has 2 heterocycles. The number of nitrogens with zero attached hydrogens (tertiary/aromatic N) is 1. The highest BCUT2D eigenvalue weighted by Crippen LogP contribution is 2.50. The Balaban J connectivity index is 1.62. The third kappa shape index (κ3) is 4.85. The summed E-state index contributed by atoms with van der Waals surface area (Å²) in [5, 5.41) is 2.86. The Morgan fingerprint density at radius 3 is 2.16 bits per heavy atom. The lowest BCUT2D eigenvalue weighted by atomic mass is 9.62. The number of amides is 2. The van der Waals surface area contributed by atoms with E-state index < -0.39 is 23.1 Å². The average Bonchev–Trinajstić information content (AvgIpc) is 2.85. The average molecular weight is 521 g/mol. The molecular formula is C28H32F4N2O3. The van der Waals surface area contributed by atoms with Gasteiger partial charge in [0.25, 0.3) is 11.5 Å². The summed E-state index contributed by atoms with van der Waals surface area (Å²) < 4.78 is 62.3. The third-order valence-electron chi connectivity index (χ3n) is 8.06. The van der Waals surface area contributed by atoms with Gasteiger partial charge in [-0.15, -0.1) is 0 Å². The Hall–Kier alpha value is -2.94. The summed E-state index contributed by atoms with van der Waals surface area (Å²) in [6, 6.07) is 11.9. The minimum absolute atomic E-state index is 0.0507. The first-order chi connectivity index (χ1) is 17.4. The fourth-order valence-electron chi connectivity index (χ4n) is 5.84. The number of piperidine rings is 2. The molecule has 2 amide bonds. The number of halogens is 4. The van der Waals surface area contributed by atoms with E-state index in [1.54, 1.807) is 24.3 Å². The van der Waals surface area contributed by atoms with Gasteiger partial charge < -0.3 is 15.0 Å². The van der Waals surface area contributed by atoms with Gasteiger partial charge in [-0.3, -0.25) is 9.59 Å². The van der Waals surface area contributed by atoms with Gasteiger partial charge in [0.1, 0.15) is 5.82 Å². The van der Waals surface area contributed by atoms with Crippen LogP contribution in [0.1, 0.15) is 61.6 Å². The van der Waals surface area contributed by atoms with Gasteiger partial charge >= 0.3 is 6.18 Å². The van der Waals surface area contributed by atoms with Crippen LogP contribution in [0.3, 0.4) is 0 Å². The predicted octanol–water partition coefficient (Wildman–Crippen LogP) is 5.27. The lowest BCUT2D eigenvalue weighted by molar-refractivity contribution is -0.271. The fourth-order valence-corrected chi connectivity index (χ4v) is 5.84. The molecular weight excluding hydrogens is 488 g/mol. The maximum Gasteiger partial charge on any atom is 0.430 e. The highest BCUT2D eigenvalue weighted by Gasteiger charge is 2.64. The normalized spacial score (nSPS) is 21.6. The van der Waals surface area contributed by atoms with Crippen LogP contribution in [0, 0.1) is 11.2 Å². The van der Waals surface area contributed by atoms with E-state index in [1.165, 1.54) is 29.2 Å².